The van der Waals surface area contributed by atoms with Crippen LogP contribution in [0.25, 0.3) is 0 Å². The molecular weight excluding hydrogens is 224 g/mol. The van der Waals surface area contributed by atoms with Crippen molar-refractivity contribution < 1.29 is 0 Å². The Kier molecular flexibility index (Phi) is 3.66. The second-order valence-corrected chi connectivity index (χ2v) is 5.76. The van der Waals surface area contributed by atoms with Crippen LogP contribution in [-0.4, -0.2) is 41.5 Å². The summed E-state index contributed by atoms with van der Waals surface area (Å²) in [5, 5.41) is 3.45. The normalized spacial score (nSPS) is 27.5. The molecule has 4 heteroatoms. The second-order valence-electron chi connectivity index (χ2n) is 5.76. The number of aromatic nitrogens is 2. The average Bonchev–Trinajstić information content (AvgIpc) is 2.90. The monoisotopic (exact) mass is 248 g/mol. The molecule has 2 aliphatic rings. The highest BCUT2D eigenvalue weighted by Gasteiger charge is 2.24. The Hall–Kier alpha value is -0.870. The minimum absolute atomic E-state index is 0.413. The highest BCUT2D eigenvalue weighted by Crippen LogP contribution is 2.32. The third kappa shape index (κ3) is 2.45. The van der Waals surface area contributed by atoms with E-state index in [1.165, 1.54) is 37.8 Å². The van der Waals surface area contributed by atoms with Gasteiger partial charge in [0.05, 0.1) is 6.04 Å². The van der Waals surface area contributed by atoms with Crippen molar-refractivity contribution in [1.29, 1.82) is 0 Å². The van der Waals surface area contributed by atoms with Crippen molar-refractivity contribution in [3.63, 3.8) is 0 Å². The van der Waals surface area contributed by atoms with E-state index in [0.717, 1.165) is 31.4 Å². The van der Waals surface area contributed by atoms with Gasteiger partial charge in [-0.15, -0.1) is 0 Å². The van der Waals surface area contributed by atoms with Gasteiger partial charge in [0, 0.05) is 37.4 Å². The molecule has 1 saturated carbocycles. The fraction of sp³-hybridized carbons (Fsp3) is 0.786. The molecule has 1 unspecified atom stereocenters. The van der Waals surface area contributed by atoms with Crippen molar-refractivity contribution in [2.75, 3.05) is 26.7 Å². The summed E-state index contributed by atoms with van der Waals surface area (Å²) >= 11 is 0. The van der Waals surface area contributed by atoms with E-state index >= 15 is 0 Å². The first-order valence-electron chi connectivity index (χ1n) is 7.30. The zero-order chi connectivity index (χ0) is 12.4. The van der Waals surface area contributed by atoms with Crippen molar-refractivity contribution >= 4 is 0 Å². The van der Waals surface area contributed by atoms with Gasteiger partial charge in [0.2, 0.25) is 0 Å². The van der Waals surface area contributed by atoms with E-state index in [4.69, 9.17) is 0 Å². The number of rotatable bonds is 2. The lowest BCUT2D eigenvalue weighted by Crippen LogP contribution is -2.44. The van der Waals surface area contributed by atoms with Gasteiger partial charge in [0.15, 0.2) is 0 Å². The van der Waals surface area contributed by atoms with Crippen molar-refractivity contribution in [3.8, 4) is 0 Å². The zero-order valence-electron chi connectivity index (χ0n) is 11.3. The fourth-order valence-corrected chi connectivity index (χ4v) is 3.25. The van der Waals surface area contributed by atoms with Gasteiger partial charge < -0.3 is 10.3 Å². The number of nitrogens with one attached hydrogen (secondary N) is 2. The lowest BCUT2D eigenvalue weighted by atomic mass is 9.87. The molecule has 1 aliphatic heterocycles. The lowest BCUT2D eigenvalue weighted by Gasteiger charge is -2.31. The Morgan fingerprint density at radius 3 is 2.89 bits per heavy atom. The first kappa shape index (κ1) is 12.2. The van der Waals surface area contributed by atoms with E-state index in [1.807, 2.05) is 0 Å². The van der Waals surface area contributed by atoms with Crippen LogP contribution in [-0.2, 0) is 0 Å². The van der Waals surface area contributed by atoms with Gasteiger partial charge in [0.1, 0.15) is 5.82 Å². The first-order chi connectivity index (χ1) is 8.84. The van der Waals surface area contributed by atoms with E-state index in [2.05, 4.69) is 33.4 Å². The highest BCUT2D eigenvalue weighted by molar-refractivity contribution is 5.11. The standard InChI is InChI=1S/C14H24N4/c1-18-8-7-15-10-13(18)14-16-9-12(17-14)11-5-3-2-4-6-11/h9,11,13,15H,2-8,10H2,1H3,(H,16,17). The molecule has 2 N–H and O–H groups in total. The third-order valence-corrected chi connectivity index (χ3v) is 4.49. The van der Waals surface area contributed by atoms with Crippen LogP contribution < -0.4 is 5.32 Å². The number of imidazole rings is 1. The molecule has 18 heavy (non-hydrogen) atoms. The molecule has 100 valence electrons. The van der Waals surface area contributed by atoms with Crippen LogP contribution in [0.15, 0.2) is 6.20 Å². The molecule has 0 amide bonds. The summed E-state index contributed by atoms with van der Waals surface area (Å²) in [6.45, 7) is 3.20. The summed E-state index contributed by atoms with van der Waals surface area (Å²) in [5.74, 6) is 1.87. The van der Waals surface area contributed by atoms with E-state index < -0.39 is 0 Å². The number of likely N-dealkylation sites (N-methyl/N-ethyl adjacent to an activating group) is 1. The summed E-state index contributed by atoms with van der Waals surface area (Å²) in [5.41, 5.74) is 1.36. The van der Waals surface area contributed by atoms with Gasteiger partial charge in [0.25, 0.3) is 0 Å². The number of nitrogens with zero attached hydrogens (tertiary/aromatic N) is 2. The molecular formula is C14H24N4. The summed E-state index contributed by atoms with van der Waals surface area (Å²) in [7, 11) is 2.19. The molecule has 1 atom stereocenters. The maximum Gasteiger partial charge on any atom is 0.124 e. The van der Waals surface area contributed by atoms with Crippen molar-refractivity contribution in [3.05, 3.63) is 17.7 Å². The first-order valence-corrected chi connectivity index (χ1v) is 7.30. The van der Waals surface area contributed by atoms with Gasteiger partial charge in [-0.1, -0.05) is 19.3 Å². The smallest absolute Gasteiger partial charge is 0.124 e. The van der Waals surface area contributed by atoms with Crippen LogP contribution in [0.3, 0.4) is 0 Å². The summed E-state index contributed by atoms with van der Waals surface area (Å²) < 4.78 is 0. The summed E-state index contributed by atoms with van der Waals surface area (Å²) in [6, 6.07) is 0.413. The average molecular weight is 248 g/mol. The minimum Gasteiger partial charge on any atom is -0.344 e. The van der Waals surface area contributed by atoms with Crippen LogP contribution in [0.5, 0.6) is 0 Å². The third-order valence-electron chi connectivity index (χ3n) is 4.49. The lowest BCUT2D eigenvalue weighted by molar-refractivity contribution is 0.195. The van der Waals surface area contributed by atoms with Gasteiger partial charge in [-0.2, -0.15) is 0 Å². The Morgan fingerprint density at radius 1 is 1.28 bits per heavy atom. The quantitative estimate of drug-likeness (QED) is 0.841. The summed E-state index contributed by atoms with van der Waals surface area (Å²) in [4.78, 5) is 10.6. The Morgan fingerprint density at radius 2 is 2.11 bits per heavy atom. The molecule has 3 rings (SSSR count). The minimum atomic E-state index is 0.413. The van der Waals surface area contributed by atoms with Crippen LogP contribution in [0.4, 0.5) is 0 Å². The SMILES string of the molecule is CN1CCNCC1c1ncc(C2CCCCC2)[nH]1. The van der Waals surface area contributed by atoms with E-state index in [9.17, 15) is 0 Å². The fourth-order valence-electron chi connectivity index (χ4n) is 3.25. The molecule has 2 fully saturated rings. The zero-order valence-corrected chi connectivity index (χ0v) is 11.3. The van der Waals surface area contributed by atoms with E-state index in [1.54, 1.807) is 0 Å². The molecule has 0 spiro atoms. The van der Waals surface area contributed by atoms with Crippen molar-refractivity contribution in [2.45, 2.75) is 44.1 Å². The molecule has 2 heterocycles. The van der Waals surface area contributed by atoms with E-state index in [0.29, 0.717) is 6.04 Å². The molecule has 0 radical (unpaired) electrons. The second kappa shape index (κ2) is 5.41. The van der Waals surface area contributed by atoms with Crippen LogP contribution >= 0.6 is 0 Å². The molecule has 1 aliphatic carbocycles. The number of hydrogen-bond acceptors (Lipinski definition) is 3. The van der Waals surface area contributed by atoms with E-state index in [-0.39, 0.29) is 0 Å². The molecule has 1 saturated heterocycles. The molecule has 0 aromatic carbocycles. The van der Waals surface area contributed by atoms with Crippen LogP contribution in [0.2, 0.25) is 0 Å². The van der Waals surface area contributed by atoms with Crippen LogP contribution in [0.1, 0.15) is 55.6 Å². The Labute approximate surface area is 109 Å². The number of piperazine rings is 1. The van der Waals surface area contributed by atoms with Crippen molar-refractivity contribution in [2.24, 2.45) is 0 Å². The highest BCUT2D eigenvalue weighted by atomic mass is 15.2. The molecule has 1 aromatic rings. The van der Waals surface area contributed by atoms with Crippen LogP contribution in [0, 0.1) is 0 Å². The van der Waals surface area contributed by atoms with Gasteiger partial charge >= 0.3 is 0 Å². The number of aromatic amines is 1. The maximum absolute atomic E-state index is 4.63. The number of H-pyrrole nitrogens is 1. The predicted octanol–water partition coefficient (Wildman–Crippen LogP) is 2.03. The predicted molar refractivity (Wildman–Crippen MR) is 72.7 cm³/mol. The molecule has 0 bridgehead atoms. The van der Waals surface area contributed by atoms with Crippen molar-refractivity contribution in [1.82, 2.24) is 20.2 Å². The largest absolute Gasteiger partial charge is 0.344 e. The van der Waals surface area contributed by atoms with Gasteiger partial charge in [-0.3, -0.25) is 4.90 Å². The number of hydrogen-bond donors (Lipinski definition) is 2. The van der Waals surface area contributed by atoms with Gasteiger partial charge in [-0.25, -0.2) is 4.98 Å². The molecule has 1 aromatic heterocycles. The molecule has 4 nitrogen and oxygen atoms in total. The summed E-state index contributed by atoms with van der Waals surface area (Å²) in [6.07, 6.45) is 8.91. The van der Waals surface area contributed by atoms with Gasteiger partial charge in [-0.05, 0) is 19.9 Å². The topological polar surface area (TPSA) is 44.0 Å². The maximum atomic E-state index is 4.63. The Balaban J connectivity index is 1.71. The Bertz CT molecular complexity index is 381.